The molecule has 0 spiro atoms. The van der Waals surface area contributed by atoms with E-state index >= 15 is 0 Å². The van der Waals surface area contributed by atoms with Crippen LogP contribution in [0.5, 0.6) is 0 Å². The van der Waals surface area contributed by atoms with Crippen molar-refractivity contribution in [3.63, 3.8) is 0 Å². The van der Waals surface area contributed by atoms with E-state index < -0.39 is 0 Å². The number of H-pyrrole nitrogens is 1. The third-order valence-electron chi connectivity index (χ3n) is 2.85. The molecule has 0 radical (unpaired) electrons. The number of thioether (sulfide) groups is 1. The molecule has 118 valence electrons. The van der Waals surface area contributed by atoms with Gasteiger partial charge < -0.3 is 9.73 Å². The topological polar surface area (TPSA) is 122 Å². The molecule has 0 aliphatic rings. The minimum absolute atomic E-state index is 0.115. The molecule has 0 atom stereocenters. The molecule has 0 saturated carbocycles. The summed E-state index contributed by atoms with van der Waals surface area (Å²) in [7, 11) is 0. The summed E-state index contributed by atoms with van der Waals surface area (Å²) in [6.07, 6.45) is 0. The van der Waals surface area contributed by atoms with Crippen molar-refractivity contribution in [1.29, 1.82) is 0 Å². The van der Waals surface area contributed by atoms with E-state index in [1.165, 1.54) is 11.8 Å². The first-order chi connectivity index (χ1) is 11.2. The van der Waals surface area contributed by atoms with Crippen LogP contribution in [0.4, 0.5) is 0 Å². The second-order valence-corrected chi connectivity index (χ2v) is 5.51. The highest BCUT2D eigenvalue weighted by Gasteiger charge is 2.08. The minimum Gasteiger partial charge on any atom is -0.416 e. The summed E-state index contributed by atoms with van der Waals surface area (Å²) in [5.74, 6) is 1.09. The van der Waals surface area contributed by atoms with E-state index in [0.717, 1.165) is 11.1 Å². The zero-order valence-corrected chi connectivity index (χ0v) is 13.0. The van der Waals surface area contributed by atoms with Crippen LogP contribution in [0.2, 0.25) is 0 Å². The van der Waals surface area contributed by atoms with Gasteiger partial charge in [-0.05, 0) is 16.8 Å². The Balaban J connectivity index is 1.52. The summed E-state index contributed by atoms with van der Waals surface area (Å²) in [5.41, 5.74) is 1.78. The molecule has 3 rings (SSSR count). The number of carbonyl (C=O) groups is 1. The number of aromatic nitrogens is 6. The van der Waals surface area contributed by atoms with Gasteiger partial charge in [-0.3, -0.25) is 4.79 Å². The predicted octanol–water partition coefficient (Wildman–Crippen LogP) is 0.967. The van der Waals surface area contributed by atoms with E-state index in [1.54, 1.807) is 6.92 Å². The third-order valence-corrected chi connectivity index (χ3v) is 3.67. The van der Waals surface area contributed by atoms with Crippen LogP contribution in [0.1, 0.15) is 11.5 Å². The van der Waals surface area contributed by atoms with Gasteiger partial charge in [0.15, 0.2) is 0 Å². The van der Waals surface area contributed by atoms with Crippen LogP contribution in [-0.2, 0) is 11.3 Å². The molecule has 10 heteroatoms. The van der Waals surface area contributed by atoms with E-state index in [2.05, 4.69) is 36.1 Å². The fraction of sp³-hybridized carbons (Fsp3) is 0.231. The number of nitrogens with one attached hydrogen (secondary N) is 2. The molecule has 2 N–H and O–H groups in total. The molecule has 0 bridgehead atoms. The van der Waals surface area contributed by atoms with Crippen LogP contribution in [0, 0.1) is 6.92 Å². The second-order valence-electron chi connectivity index (χ2n) is 4.59. The molecule has 0 aliphatic carbocycles. The van der Waals surface area contributed by atoms with Gasteiger partial charge in [0, 0.05) is 19.0 Å². The van der Waals surface area contributed by atoms with Crippen LogP contribution < -0.4 is 5.32 Å². The van der Waals surface area contributed by atoms with Gasteiger partial charge in [-0.15, -0.1) is 20.4 Å². The van der Waals surface area contributed by atoms with Crippen molar-refractivity contribution in [1.82, 2.24) is 36.1 Å². The highest BCUT2D eigenvalue weighted by molar-refractivity contribution is 7.99. The Morgan fingerprint density at radius 1 is 1.35 bits per heavy atom. The lowest BCUT2D eigenvalue weighted by atomic mass is 10.1. The molecule has 1 amide bonds. The maximum Gasteiger partial charge on any atom is 0.277 e. The Labute approximate surface area is 135 Å². The Kier molecular flexibility index (Phi) is 4.62. The maximum atomic E-state index is 11.8. The van der Waals surface area contributed by atoms with Crippen LogP contribution in [-0.4, -0.2) is 42.5 Å². The average Bonchev–Trinajstić information content (AvgIpc) is 3.23. The Bertz CT molecular complexity index is 787. The smallest absolute Gasteiger partial charge is 0.277 e. The average molecular weight is 331 g/mol. The number of amides is 1. The van der Waals surface area contributed by atoms with Gasteiger partial charge in [-0.25, -0.2) is 0 Å². The Morgan fingerprint density at radius 2 is 2.26 bits per heavy atom. The van der Waals surface area contributed by atoms with Crippen molar-refractivity contribution >= 4 is 17.7 Å². The maximum absolute atomic E-state index is 11.8. The summed E-state index contributed by atoms with van der Waals surface area (Å²) in [5, 5.41) is 24.5. The van der Waals surface area contributed by atoms with E-state index in [4.69, 9.17) is 4.42 Å². The first-order valence-corrected chi connectivity index (χ1v) is 7.71. The van der Waals surface area contributed by atoms with Gasteiger partial charge in [-0.2, -0.15) is 5.21 Å². The lowest BCUT2D eigenvalue weighted by Crippen LogP contribution is -2.24. The third kappa shape index (κ3) is 4.13. The number of carbonyl (C=O) groups excluding carboxylic acids is 1. The van der Waals surface area contributed by atoms with Crippen LogP contribution in [0.15, 0.2) is 33.9 Å². The molecule has 2 aromatic heterocycles. The van der Waals surface area contributed by atoms with E-state index in [9.17, 15) is 4.79 Å². The monoisotopic (exact) mass is 331 g/mol. The fourth-order valence-corrected chi connectivity index (χ4v) is 2.45. The lowest BCUT2D eigenvalue weighted by Gasteiger charge is -2.05. The van der Waals surface area contributed by atoms with Crippen molar-refractivity contribution in [3.05, 3.63) is 35.7 Å². The van der Waals surface area contributed by atoms with Crippen LogP contribution in [0.3, 0.4) is 0 Å². The van der Waals surface area contributed by atoms with E-state index in [1.807, 2.05) is 24.3 Å². The molecule has 0 fully saturated rings. The summed E-state index contributed by atoms with van der Waals surface area (Å²) in [6, 6.07) is 7.57. The summed E-state index contributed by atoms with van der Waals surface area (Å²) < 4.78 is 5.19. The molecule has 0 aliphatic heterocycles. The van der Waals surface area contributed by atoms with Crippen molar-refractivity contribution in [2.75, 3.05) is 5.75 Å². The van der Waals surface area contributed by atoms with E-state index in [0.29, 0.717) is 23.5 Å². The normalized spacial score (nSPS) is 10.7. The van der Waals surface area contributed by atoms with Gasteiger partial charge in [0.25, 0.3) is 5.22 Å². The molecule has 3 aromatic rings. The Hall–Kier alpha value is -2.75. The number of hydrogen-bond donors (Lipinski definition) is 2. The molecule has 2 heterocycles. The zero-order chi connectivity index (χ0) is 16.1. The summed E-state index contributed by atoms with van der Waals surface area (Å²) in [6.45, 7) is 2.11. The molecule has 0 unspecified atom stereocenters. The van der Waals surface area contributed by atoms with Gasteiger partial charge in [0.1, 0.15) is 0 Å². The number of benzene rings is 1. The Morgan fingerprint density at radius 3 is 3.00 bits per heavy atom. The standard InChI is InChI=1S/C13H13N7O2S/c1-8-15-18-13(22-8)23-7-11(21)14-6-9-3-2-4-10(5-9)12-16-19-20-17-12/h2-5H,6-7H2,1H3,(H,14,21)(H,16,17,19,20). The van der Waals surface area contributed by atoms with Gasteiger partial charge in [0.05, 0.1) is 5.75 Å². The number of aromatic amines is 1. The molecule has 23 heavy (non-hydrogen) atoms. The van der Waals surface area contributed by atoms with Crippen molar-refractivity contribution in [3.8, 4) is 11.4 Å². The summed E-state index contributed by atoms with van der Waals surface area (Å²) in [4.78, 5) is 11.8. The largest absolute Gasteiger partial charge is 0.416 e. The summed E-state index contributed by atoms with van der Waals surface area (Å²) >= 11 is 1.20. The number of aryl methyl sites for hydroxylation is 1. The highest BCUT2D eigenvalue weighted by Crippen LogP contribution is 2.16. The van der Waals surface area contributed by atoms with Crippen LogP contribution >= 0.6 is 11.8 Å². The van der Waals surface area contributed by atoms with Gasteiger partial charge in [0.2, 0.25) is 17.6 Å². The molecule has 9 nitrogen and oxygen atoms in total. The zero-order valence-electron chi connectivity index (χ0n) is 12.2. The SMILES string of the molecule is Cc1nnc(SCC(=O)NCc2cccc(-c3nn[nH]n3)c2)o1. The molecule has 1 aromatic carbocycles. The van der Waals surface area contributed by atoms with Gasteiger partial charge >= 0.3 is 0 Å². The minimum atomic E-state index is -0.115. The first kappa shape index (κ1) is 15.2. The van der Waals surface area contributed by atoms with Gasteiger partial charge in [-0.1, -0.05) is 30.0 Å². The first-order valence-electron chi connectivity index (χ1n) is 6.73. The molecular weight excluding hydrogens is 318 g/mol. The number of nitrogens with zero attached hydrogens (tertiary/aromatic N) is 5. The quantitative estimate of drug-likeness (QED) is 0.641. The van der Waals surface area contributed by atoms with Crippen molar-refractivity contribution < 1.29 is 9.21 Å². The van der Waals surface area contributed by atoms with Crippen molar-refractivity contribution in [2.45, 2.75) is 18.7 Å². The second kappa shape index (κ2) is 7.01. The van der Waals surface area contributed by atoms with Crippen molar-refractivity contribution in [2.24, 2.45) is 0 Å². The lowest BCUT2D eigenvalue weighted by molar-refractivity contribution is -0.118. The molecular formula is C13H13N7O2S. The number of rotatable bonds is 6. The van der Waals surface area contributed by atoms with Crippen LogP contribution in [0.25, 0.3) is 11.4 Å². The van der Waals surface area contributed by atoms with E-state index in [-0.39, 0.29) is 11.7 Å². The highest BCUT2D eigenvalue weighted by atomic mass is 32.2. The molecule has 0 saturated heterocycles. The fourth-order valence-electron chi connectivity index (χ4n) is 1.82. The number of tetrazole rings is 1. The predicted molar refractivity (Wildman–Crippen MR) is 81.2 cm³/mol. The number of hydrogen-bond acceptors (Lipinski definition) is 8.